The second-order valence-electron chi connectivity index (χ2n) is 9.44. The molecule has 204 valence electrons. The lowest BCUT2D eigenvalue weighted by Gasteiger charge is -2.34. The molecule has 0 unspecified atom stereocenters. The molecular weight excluding hydrogens is 613 g/mol. The summed E-state index contributed by atoms with van der Waals surface area (Å²) in [5, 5.41) is 20.4. The lowest BCUT2D eigenvalue weighted by molar-refractivity contribution is 0.0880. The summed E-state index contributed by atoms with van der Waals surface area (Å²) in [5.74, 6) is -0.686. The number of hydrogen-bond acceptors (Lipinski definition) is 8. The molecular formula is C21H24Cl6N6O4. The third-order valence-electron chi connectivity index (χ3n) is 6.75. The van der Waals surface area contributed by atoms with Gasteiger partial charge in [-0.15, -0.1) is 20.4 Å². The third kappa shape index (κ3) is 7.99. The number of rotatable bonds is 6. The number of alkyl halides is 6. The van der Waals surface area contributed by atoms with Gasteiger partial charge in [-0.3, -0.25) is 9.59 Å². The second-order valence-corrected chi connectivity index (χ2v) is 14.0. The molecule has 0 bridgehead atoms. The van der Waals surface area contributed by atoms with Crippen molar-refractivity contribution in [1.82, 2.24) is 31.0 Å². The largest absolute Gasteiger partial charge is 0.412 e. The van der Waals surface area contributed by atoms with Crippen LogP contribution in [0.4, 0.5) is 0 Å². The SMILES string of the molecule is O=C(NC1CCC(CC2CCC(NC(=O)c3nnc(C(Cl)(Cl)Cl)o3)CC2)CC1)c1nnc(C(Cl)(Cl)Cl)o1. The molecule has 2 aromatic rings. The number of halogens is 6. The molecule has 10 nitrogen and oxygen atoms in total. The molecule has 16 heteroatoms. The fourth-order valence-corrected chi connectivity index (χ4v) is 5.37. The Labute approximate surface area is 242 Å². The molecule has 0 aromatic carbocycles. The minimum atomic E-state index is -1.88. The summed E-state index contributed by atoms with van der Waals surface area (Å²) in [6.45, 7) is 0. The van der Waals surface area contributed by atoms with Crippen LogP contribution in [-0.2, 0) is 7.59 Å². The van der Waals surface area contributed by atoms with Gasteiger partial charge in [0.05, 0.1) is 0 Å². The number of nitrogens with zero attached hydrogens (tertiary/aromatic N) is 4. The van der Waals surface area contributed by atoms with E-state index < -0.39 is 19.4 Å². The van der Waals surface area contributed by atoms with Crippen LogP contribution in [0.5, 0.6) is 0 Å². The minimum Gasteiger partial charge on any atom is -0.412 e. The number of carbonyl (C=O) groups excluding carboxylic acids is 2. The Morgan fingerprint density at radius 2 is 1.00 bits per heavy atom. The van der Waals surface area contributed by atoms with E-state index in [0.29, 0.717) is 11.8 Å². The molecule has 2 aliphatic rings. The highest BCUT2D eigenvalue weighted by molar-refractivity contribution is 6.66. The zero-order valence-electron chi connectivity index (χ0n) is 19.4. The first-order chi connectivity index (χ1) is 17.4. The van der Waals surface area contributed by atoms with Crippen molar-refractivity contribution in [3.63, 3.8) is 0 Å². The van der Waals surface area contributed by atoms with Crippen LogP contribution in [-0.4, -0.2) is 44.3 Å². The van der Waals surface area contributed by atoms with Gasteiger partial charge in [0, 0.05) is 12.1 Å². The lowest BCUT2D eigenvalue weighted by Crippen LogP contribution is -2.39. The quantitative estimate of drug-likeness (QED) is 0.381. The molecule has 2 saturated carbocycles. The van der Waals surface area contributed by atoms with Gasteiger partial charge in [-0.25, -0.2) is 0 Å². The smallest absolute Gasteiger partial charge is 0.309 e. The van der Waals surface area contributed by atoms with Gasteiger partial charge < -0.3 is 19.5 Å². The average molecular weight is 637 g/mol. The van der Waals surface area contributed by atoms with E-state index in [1.54, 1.807) is 0 Å². The van der Waals surface area contributed by atoms with Crippen LogP contribution in [0.3, 0.4) is 0 Å². The molecule has 2 amide bonds. The van der Waals surface area contributed by atoms with E-state index >= 15 is 0 Å². The van der Waals surface area contributed by atoms with E-state index in [1.807, 2.05) is 0 Å². The first-order valence-corrected chi connectivity index (χ1v) is 14.1. The van der Waals surface area contributed by atoms with E-state index in [4.69, 9.17) is 78.4 Å². The molecule has 2 fully saturated rings. The molecule has 0 radical (unpaired) electrons. The highest BCUT2D eigenvalue weighted by atomic mass is 35.6. The number of carbonyl (C=O) groups is 2. The number of nitrogens with one attached hydrogen (secondary N) is 2. The van der Waals surface area contributed by atoms with E-state index in [2.05, 4.69) is 31.0 Å². The van der Waals surface area contributed by atoms with Gasteiger partial charge in [-0.2, -0.15) is 0 Å². The number of aromatic nitrogens is 4. The number of hydrogen-bond donors (Lipinski definition) is 2. The molecule has 2 aromatic heterocycles. The predicted octanol–water partition coefficient (Wildman–Crippen LogP) is 5.77. The van der Waals surface area contributed by atoms with E-state index in [9.17, 15) is 9.59 Å². The van der Waals surface area contributed by atoms with Crippen molar-refractivity contribution in [3.8, 4) is 0 Å². The van der Waals surface area contributed by atoms with Gasteiger partial charge in [0.1, 0.15) is 0 Å². The minimum absolute atomic E-state index is 0.0320. The van der Waals surface area contributed by atoms with E-state index in [1.165, 1.54) is 0 Å². The van der Waals surface area contributed by atoms with Gasteiger partial charge in [0.15, 0.2) is 0 Å². The molecule has 4 rings (SSSR count). The predicted molar refractivity (Wildman–Crippen MR) is 138 cm³/mol. The summed E-state index contributed by atoms with van der Waals surface area (Å²) in [6.07, 6.45) is 8.69. The van der Waals surface area contributed by atoms with Gasteiger partial charge in [0.2, 0.25) is 0 Å². The number of amides is 2. The van der Waals surface area contributed by atoms with Crippen molar-refractivity contribution in [2.75, 3.05) is 0 Å². The molecule has 0 atom stereocenters. The Morgan fingerprint density at radius 3 is 1.30 bits per heavy atom. The maximum Gasteiger partial charge on any atom is 0.309 e. The zero-order chi connectivity index (χ0) is 26.8. The summed E-state index contributed by atoms with van der Waals surface area (Å²) < 4.78 is 6.57. The Balaban J connectivity index is 1.15. The van der Waals surface area contributed by atoms with Crippen LogP contribution in [0.1, 0.15) is 90.9 Å². The van der Waals surface area contributed by atoms with Crippen molar-refractivity contribution >= 4 is 81.4 Å². The standard InChI is InChI=1S/C21H24Cl6N6O4/c22-20(23,24)18-32-30-16(36-18)14(34)28-12-5-1-10(2-6-12)9-11-3-7-13(8-4-11)29-15(35)17-31-33-19(37-17)21(25,26)27/h10-13H,1-9H2,(H,28,34)(H,29,35). The van der Waals surface area contributed by atoms with Crippen molar-refractivity contribution in [2.45, 2.75) is 77.5 Å². The summed E-state index contributed by atoms with van der Waals surface area (Å²) in [5.41, 5.74) is 0. The van der Waals surface area contributed by atoms with Crippen molar-refractivity contribution in [3.05, 3.63) is 23.6 Å². The van der Waals surface area contributed by atoms with Crippen molar-refractivity contribution in [1.29, 1.82) is 0 Å². The van der Waals surface area contributed by atoms with Crippen LogP contribution >= 0.6 is 69.6 Å². The lowest BCUT2D eigenvalue weighted by atomic mass is 9.75. The van der Waals surface area contributed by atoms with Gasteiger partial charge in [-0.05, 0) is 69.6 Å². The first kappa shape index (κ1) is 29.0. The maximum atomic E-state index is 12.4. The summed E-state index contributed by atoms with van der Waals surface area (Å²) >= 11 is 34.2. The van der Waals surface area contributed by atoms with Crippen molar-refractivity contribution < 1.29 is 18.4 Å². The maximum absolute atomic E-state index is 12.4. The summed E-state index contributed by atoms with van der Waals surface area (Å²) in [6, 6.07) is 0.0641. The van der Waals surface area contributed by atoms with E-state index in [0.717, 1.165) is 57.8 Å². The Morgan fingerprint density at radius 1 is 0.649 bits per heavy atom. The van der Waals surface area contributed by atoms with Gasteiger partial charge in [-0.1, -0.05) is 69.6 Å². The topological polar surface area (TPSA) is 136 Å². The molecule has 2 aliphatic carbocycles. The van der Waals surface area contributed by atoms with E-state index in [-0.39, 0.29) is 35.6 Å². The van der Waals surface area contributed by atoms with Crippen LogP contribution < -0.4 is 10.6 Å². The normalized spacial score (nSPS) is 25.0. The zero-order valence-corrected chi connectivity index (χ0v) is 23.9. The highest BCUT2D eigenvalue weighted by Crippen LogP contribution is 2.38. The first-order valence-electron chi connectivity index (χ1n) is 11.8. The highest BCUT2D eigenvalue weighted by Gasteiger charge is 2.34. The molecule has 0 spiro atoms. The Hall–Kier alpha value is -1.04. The molecule has 37 heavy (non-hydrogen) atoms. The van der Waals surface area contributed by atoms with Gasteiger partial charge in [0.25, 0.3) is 19.4 Å². The van der Waals surface area contributed by atoms with Crippen molar-refractivity contribution in [2.24, 2.45) is 11.8 Å². The van der Waals surface area contributed by atoms with Crippen LogP contribution in [0.25, 0.3) is 0 Å². The molecule has 2 heterocycles. The summed E-state index contributed by atoms with van der Waals surface area (Å²) in [4.78, 5) is 24.8. The molecule has 0 aliphatic heterocycles. The molecule has 0 saturated heterocycles. The third-order valence-corrected chi connectivity index (χ3v) is 7.72. The monoisotopic (exact) mass is 634 g/mol. The average Bonchev–Trinajstić information content (AvgIpc) is 3.52. The fraction of sp³-hybridized carbons (Fsp3) is 0.714. The second kappa shape index (κ2) is 12.0. The van der Waals surface area contributed by atoms with Gasteiger partial charge >= 0.3 is 23.6 Å². The van der Waals surface area contributed by atoms with Crippen LogP contribution in [0.2, 0.25) is 0 Å². The van der Waals surface area contributed by atoms with Crippen LogP contribution in [0, 0.1) is 11.8 Å². The Kier molecular flexibility index (Phi) is 9.39. The summed E-state index contributed by atoms with van der Waals surface area (Å²) in [7, 11) is 0. The van der Waals surface area contributed by atoms with Crippen LogP contribution in [0.15, 0.2) is 8.83 Å². The fourth-order valence-electron chi connectivity index (χ4n) is 4.91. The Bertz CT molecular complexity index is 1000. The molecule has 2 N–H and O–H groups in total.